The lowest BCUT2D eigenvalue weighted by Gasteiger charge is -2.06. The van der Waals surface area contributed by atoms with Gasteiger partial charge in [-0.25, -0.2) is 0 Å². The highest BCUT2D eigenvalue weighted by Gasteiger charge is 1.97. The largest absolute Gasteiger partial charge is 0.457 e. The van der Waals surface area contributed by atoms with Crippen molar-refractivity contribution in [2.24, 2.45) is 5.73 Å². The van der Waals surface area contributed by atoms with Crippen LogP contribution in [-0.2, 0) is 6.42 Å². The van der Waals surface area contributed by atoms with Gasteiger partial charge in [-0.05, 0) is 54.8 Å². The van der Waals surface area contributed by atoms with E-state index in [0.717, 1.165) is 36.4 Å². The third-order valence-electron chi connectivity index (χ3n) is 4.18. The van der Waals surface area contributed by atoms with Gasteiger partial charge in [0.1, 0.15) is 11.5 Å². The molecule has 0 radical (unpaired) electrons. The van der Waals surface area contributed by atoms with Crippen molar-refractivity contribution in [1.29, 1.82) is 0 Å². The number of ether oxygens (including phenoxy) is 1. The van der Waals surface area contributed by atoms with Gasteiger partial charge in [0.2, 0.25) is 0 Å². The minimum Gasteiger partial charge on any atom is -0.457 e. The van der Waals surface area contributed by atoms with Crippen LogP contribution in [0.2, 0.25) is 0 Å². The van der Waals surface area contributed by atoms with Gasteiger partial charge < -0.3 is 10.5 Å². The molecule has 1 heterocycles. The fourth-order valence-corrected chi connectivity index (χ4v) is 2.69. The number of aromatic nitrogens is 2. The Morgan fingerprint density at radius 2 is 1.39 bits per heavy atom. The highest BCUT2D eigenvalue weighted by atomic mass is 16.5. The summed E-state index contributed by atoms with van der Waals surface area (Å²) >= 11 is 0. The van der Waals surface area contributed by atoms with E-state index in [1.54, 1.807) is 0 Å². The number of rotatable bonds is 6. The first-order valence-corrected chi connectivity index (χ1v) is 9.41. The molecular formula is C24H25N3O. The third kappa shape index (κ3) is 6.11. The van der Waals surface area contributed by atoms with E-state index in [9.17, 15) is 0 Å². The van der Waals surface area contributed by atoms with Gasteiger partial charge in [0.15, 0.2) is 0 Å². The van der Waals surface area contributed by atoms with Crippen molar-refractivity contribution < 1.29 is 4.74 Å². The molecule has 0 saturated heterocycles. The molecule has 0 amide bonds. The van der Waals surface area contributed by atoms with Gasteiger partial charge in [-0.3, -0.25) is 5.10 Å². The summed E-state index contributed by atoms with van der Waals surface area (Å²) in [6, 6.07) is 28.1. The zero-order valence-electron chi connectivity index (χ0n) is 15.8. The minimum atomic E-state index is 0.738. The summed E-state index contributed by atoms with van der Waals surface area (Å²) in [5, 5.41) is 6.65. The summed E-state index contributed by atoms with van der Waals surface area (Å²) < 4.78 is 5.71. The zero-order valence-corrected chi connectivity index (χ0v) is 15.8. The fourth-order valence-electron chi connectivity index (χ4n) is 2.69. The van der Waals surface area contributed by atoms with Crippen molar-refractivity contribution in [2.45, 2.75) is 12.8 Å². The molecule has 4 aromatic rings. The number of hydrogen-bond acceptors (Lipinski definition) is 3. The third-order valence-corrected chi connectivity index (χ3v) is 4.18. The molecule has 28 heavy (non-hydrogen) atoms. The van der Waals surface area contributed by atoms with Gasteiger partial charge in [0.05, 0.1) is 6.20 Å². The number of H-pyrrole nitrogens is 1. The Balaban J connectivity index is 0.000000176. The Kier molecular flexibility index (Phi) is 7.41. The number of hydrogen-bond donors (Lipinski definition) is 2. The van der Waals surface area contributed by atoms with Crippen LogP contribution in [0.1, 0.15) is 12.0 Å². The first-order valence-electron chi connectivity index (χ1n) is 9.41. The SMILES string of the molecule is NCCCc1ccc(Oc2ccccc2)cc1.c1ccc(-c2cn[nH]c2)cc1. The Morgan fingerprint density at radius 1 is 0.750 bits per heavy atom. The molecule has 0 unspecified atom stereocenters. The van der Waals surface area contributed by atoms with Gasteiger partial charge in [-0.15, -0.1) is 0 Å². The number of para-hydroxylation sites is 1. The van der Waals surface area contributed by atoms with E-state index in [0.29, 0.717) is 0 Å². The quantitative estimate of drug-likeness (QED) is 0.474. The van der Waals surface area contributed by atoms with Crippen molar-refractivity contribution in [2.75, 3.05) is 6.54 Å². The number of aromatic amines is 1. The fraction of sp³-hybridized carbons (Fsp3) is 0.125. The molecule has 1 aromatic heterocycles. The standard InChI is InChI=1S/C15H17NO.C9H8N2/c16-12-4-5-13-8-10-15(11-9-13)17-14-6-2-1-3-7-14;1-2-4-8(5-3-1)9-6-10-11-7-9/h1-3,6-11H,4-5,12,16H2;1-7H,(H,10,11). The maximum Gasteiger partial charge on any atom is 0.127 e. The van der Waals surface area contributed by atoms with Crippen molar-refractivity contribution in [3.8, 4) is 22.6 Å². The highest BCUT2D eigenvalue weighted by Crippen LogP contribution is 2.21. The Morgan fingerprint density at radius 3 is 2.00 bits per heavy atom. The number of aryl methyl sites for hydroxylation is 1. The zero-order chi connectivity index (χ0) is 19.4. The van der Waals surface area contributed by atoms with Crippen molar-refractivity contribution >= 4 is 0 Å². The second-order valence-corrected chi connectivity index (χ2v) is 6.30. The van der Waals surface area contributed by atoms with Crippen molar-refractivity contribution in [1.82, 2.24) is 10.2 Å². The first-order chi connectivity index (χ1) is 13.8. The second-order valence-electron chi connectivity index (χ2n) is 6.30. The Bertz CT molecular complexity index is 905. The summed E-state index contributed by atoms with van der Waals surface area (Å²) in [5.74, 6) is 1.73. The molecule has 0 atom stereocenters. The highest BCUT2D eigenvalue weighted by molar-refractivity contribution is 5.60. The lowest BCUT2D eigenvalue weighted by atomic mass is 10.1. The van der Waals surface area contributed by atoms with E-state index >= 15 is 0 Å². The molecule has 142 valence electrons. The molecule has 0 fully saturated rings. The predicted octanol–water partition coefficient (Wildman–Crippen LogP) is 5.45. The molecule has 0 saturated carbocycles. The van der Waals surface area contributed by atoms with Gasteiger partial charge in [0.25, 0.3) is 0 Å². The average molecular weight is 371 g/mol. The van der Waals surface area contributed by atoms with E-state index < -0.39 is 0 Å². The lowest BCUT2D eigenvalue weighted by Crippen LogP contribution is -2.00. The number of benzene rings is 3. The lowest BCUT2D eigenvalue weighted by molar-refractivity contribution is 0.482. The molecule has 4 rings (SSSR count). The van der Waals surface area contributed by atoms with Gasteiger partial charge in [-0.1, -0.05) is 60.7 Å². The Labute approximate surface area is 166 Å². The Hall–Kier alpha value is -3.37. The summed E-state index contributed by atoms with van der Waals surface area (Å²) in [5.41, 5.74) is 9.11. The minimum absolute atomic E-state index is 0.738. The average Bonchev–Trinajstić information content (AvgIpc) is 3.30. The van der Waals surface area contributed by atoms with Crippen LogP contribution in [0.3, 0.4) is 0 Å². The number of nitrogens with zero attached hydrogens (tertiary/aromatic N) is 1. The van der Waals surface area contributed by atoms with Crippen LogP contribution >= 0.6 is 0 Å². The van der Waals surface area contributed by atoms with Crippen LogP contribution in [0.5, 0.6) is 11.5 Å². The first kappa shape index (κ1) is 19.4. The monoisotopic (exact) mass is 371 g/mol. The molecule has 0 spiro atoms. The van der Waals surface area contributed by atoms with Crippen LogP contribution in [-0.4, -0.2) is 16.7 Å². The molecule has 0 aliphatic rings. The maximum atomic E-state index is 5.71. The van der Waals surface area contributed by atoms with Crippen molar-refractivity contribution in [3.63, 3.8) is 0 Å². The van der Waals surface area contributed by atoms with E-state index in [1.807, 2.05) is 73.1 Å². The molecule has 0 aliphatic carbocycles. The van der Waals surface area contributed by atoms with Crippen LogP contribution in [0.4, 0.5) is 0 Å². The van der Waals surface area contributed by atoms with Crippen LogP contribution in [0, 0.1) is 0 Å². The molecule has 0 bridgehead atoms. The predicted molar refractivity (Wildman–Crippen MR) is 114 cm³/mol. The molecule has 3 aromatic carbocycles. The molecule has 4 nitrogen and oxygen atoms in total. The summed E-state index contributed by atoms with van der Waals surface area (Å²) in [6.07, 6.45) is 5.76. The normalized spacial score (nSPS) is 10.0. The van der Waals surface area contributed by atoms with Crippen molar-refractivity contribution in [3.05, 3.63) is 103 Å². The molecule has 3 N–H and O–H groups in total. The summed E-state index contributed by atoms with van der Waals surface area (Å²) in [4.78, 5) is 0. The van der Waals surface area contributed by atoms with Gasteiger partial charge >= 0.3 is 0 Å². The maximum absolute atomic E-state index is 5.71. The van der Waals surface area contributed by atoms with Gasteiger partial charge in [0, 0.05) is 11.8 Å². The van der Waals surface area contributed by atoms with E-state index in [-0.39, 0.29) is 0 Å². The molecule has 4 heteroatoms. The smallest absolute Gasteiger partial charge is 0.127 e. The topological polar surface area (TPSA) is 63.9 Å². The summed E-state index contributed by atoms with van der Waals surface area (Å²) in [7, 11) is 0. The summed E-state index contributed by atoms with van der Waals surface area (Å²) in [6.45, 7) is 0.738. The molecule has 0 aliphatic heterocycles. The molecular weight excluding hydrogens is 346 g/mol. The van der Waals surface area contributed by atoms with E-state index in [2.05, 4.69) is 34.5 Å². The van der Waals surface area contributed by atoms with Crippen LogP contribution in [0.15, 0.2) is 97.3 Å². The van der Waals surface area contributed by atoms with Crippen LogP contribution < -0.4 is 10.5 Å². The number of nitrogens with one attached hydrogen (secondary N) is 1. The number of nitrogens with two attached hydrogens (primary N) is 1. The van der Waals surface area contributed by atoms with Crippen LogP contribution in [0.25, 0.3) is 11.1 Å². The van der Waals surface area contributed by atoms with E-state index in [4.69, 9.17) is 10.5 Å². The van der Waals surface area contributed by atoms with Gasteiger partial charge in [-0.2, -0.15) is 5.10 Å². The second kappa shape index (κ2) is 10.7. The van der Waals surface area contributed by atoms with E-state index in [1.165, 1.54) is 11.1 Å².